The van der Waals surface area contributed by atoms with Crippen LogP contribution in [-0.4, -0.2) is 19.8 Å². The number of benzene rings is 2. The molecule has 2 aromatic carbocycles. The van der Waals surface area contributed by atoms with Crippen LogP contribution >= 0.6 is 0 Å². The van der Waals surface area contributed by atoms with E-state index in [1.807, 2.05) is 13.0 Å². The third kappa shape index (κ3) is 6.25. The molecule has 0 aliphatic heterocycles. The van der Waals surface area contributed by atoms with E-state index in [9.17, 15) is 0 Å². The molecule has 2 rings (SSSR count). The van der Waals surface area contributed by atoms with E-state index in [1.165, 1.54) is 11.1 Å². The summed E-state index contributed by atoms with van der Waals surface area (Å²) < 4.78 is 11.6. The third-order valence-corrected chi connectivity index (χ3v) is 3.74. The molecule has 2 aromatic rings. The van der Waals surface area contributed by atoms with Crippen molar-refractivity contribution in [1.29, 1.82) is 0 Å². The molecule has 130 valence electrons. The van der Waals surface area contributed by atoms with Gasteiger partial charge < -0.3 is 14.8 Å². The molecule has 24 heavy (non-hydrogen) atoms. The Balaban J connectivity index is 1.86. The summed E-state index contributed by atoms with van der Waals surface area (Å²) in [5.74, 6) is 2.20. The molecule has 3 nitrogen and oxygen atoms in total. The first-order valence-corrected chi connectivity index (χ1v) is 8.93. The number of rotatable bonds is 10. The highest BCUT2D eigenvalue weighted by Crippen LogP contribution is 2.28. The van der Waals surface area contributed by atoms with Gasteiger partial charge in [-0.1, -0.05) is 44.2 Å². The SMILES string of the molecule is CCOc1cc(C[NH2+]CCc2ccccc2)ccc1OCC(C)C. The molecule has 0 aliphatic rings. The van der Waals surface area contributed by atoms with Crippen molar-refractivity contribution < 1.29 is 14.8 Å². The van der Waals surface area contributed by atoms with Crippen LogP contribution in [0.1, 0.15) is 31.9 Å². The van der Waals surface area contributed by atoms with E-state index in [2.05, 4.69) is 61.6 Å². The average molecular weight is 328 g/mol. The maximum atomic E-state index is 5.85. The fourth-order valence-electron chi connectivity index (χ4n) is 2.51. The van der Waals surface area contributed by atoms with Crippen LogP contribution in [0.3, 0.4) is 0 Å². The van der Waals surface area contributed by atoms with Crippen LogP contribution in [0.15, 0.2) is 48.5 Å². The number of nitrogens with two attached hydrogens (primary N) is 1. The Kier molecular flexibility index (Phi) is 7.63. The van der Waals surface area contributed by atoms with Crippen LogP contribution in [0.2, 0.25) is 0 Å². The molecule has 0 atom stereocenters. The molecule has 2 N–H and O–H groups in total. The molecule has 0 radical (unpaired) electrons. The highest BCUT2D eigenvalue weighted by Gasteiger charge is 2.08. The average Bonchev–Trinajstić information content (AvgIpc) is 2.59. The van der Waals surface area contributed by atoms with E-state index < -0.39 is 0 Å². The Morgan fingerprint density at radius 2 is 1.71 bits per heavy atom. The molecule has 0 unspecified atom stereocenters. The lowest BCUT2D eigenvalue weighted by atomic mass is 10.1. The minimum atomic E-state index is 0.505. The Labute approximate surface area is 146 Å². The monoisotopic (exact) mass is 328 g/mol. The first-order valence-electron chi connectivity index (χ1n) is 8.93. The van der Waals surface area contributed by atoms with Crippen molar-refractivity contribution in [1.82, 2.24) is 0 Å². The van der Waals surface area contributed by atoms with E-state index in [0.29, 0.717) is 19.1 Å². The lowest BCUT2D eigenvalue weighted by molar-refractivity contribution is -0.670. The lowest BCUT2D eigenvalue weighted by Gasteiger charge is -2.14. The zero-order valence-electron chi connectivity index (χ0n) is 15.1. The van der Waals surface area contributed by atoms with Gasteiger partial charge in [0.05, 0.1) is 19.8 Å². The largest absolute Gasteiger partial charge is 0.490 e. The zero-order valence-corrected chi connectivity index (χ0v) is 15.1. The second kappa shape index (κ2) is 9.99. The quantitative estimate of drug-likeness (QED) is 0.678. The van der Waals surface area contributed by atoms with Gasteiger partial charge in [-0.3, -0.25) is 0 Å². The summed E-state index contributed by atoms with van der Waals surface area (Å²) in [6.07, 6.45) is 1.09. The first kappa shape index (κ1) is 18.3. The molecule has 0 heterocycles. The highest BCUT2D eigenvalue weighted by molar-refractivity contribution is 5.42. The van der Waals surface area contributed by atoms with E-state index in [4.69, 9.17) is 9.47 Å². The molecular formula is C21H30NO2+. The van der Waals surface area contributed by atoms with E-state index in [0.717, 1.165) is 31.0 Å². The van der Waals surface area contributed by atoms with E-state index >= 15 is 0 Å². The fourth-order valence-corrected chi connectivity index (χ4v) is 2.51. The van der Waals surface area contributed by atoms with Crippen LogP contribution in [0.4, 0.5) is 0 Å². The second-order valence-corrected chi connectivity index (χ2v) is 6.44. The fraction of sp³-hybridized carbons (Fsp3) is 0.429. The van der Waals surface area contributed by atoms with Crippen molar-refractivity contribution in [2.75, 3.05) is 19.8 Å². The van der Waals surface area contributed by atoms with Crippen LogP contribution < -0.4 is 14.8 Å². The van der Waals surface area contributed by atoms with Crippen LogP contribution in [0, 0.1) is 5.92 Å². The van der Waals surface area contributed by atoms with Crippen molar-refractivity contribution in [2.24, 2.45) is 5.92 Å². The molecule has 3 heteroatoms. The van der Waals surface area contributed by atoms with Crippen LogP contribution in [0.5, 0.6) is 11.5 Å². The molecule has 0 aromatic heterocycles. The summed E-state index contributed by atoms with van der Waals surface area (Å²) >= 11 is 0. The molecule has 0 spiro atoms. The maximum absolute atomic E-state index is 5.85. The molecule has 0 saturated heterocycles. The van der Waals surface area contributed by atoms with Gasteiger partial charge in [0.2, 0.25) is 0 Å². The van der Waals surface area contributed by atoms with Gasteiger partial charge in [0, 0.05) is 12.0 Å². The predicted molar refractivity (Wildman–Crippen MR) is 98.6 cm³/mol. The molecule has 0 amide bonds. The van der Waals surface area contributed by atoms with Gasteiger partial charge in [0.15, 0.2) is 11.5 Å². The lowest BCUT2D eigenvalue weighted by Crippen LogP contribution is -2.83. The molecule has 0 bridgehead atoms. The van der Waals surface area contributed by atoms with Gasteiger partial charge in [-0.15, -0.1) is 0 Å². The molecular weight excluding hydrogens is 298 g/mol. The minimum Gasteiger partial charge on any atom is -0.490 e. The summed E-state index contributed by atoms with van der Waals surface area (Å²) in [6.45, 7) is 9.70. The summed E-state index contributed by atoms with van der Waals surface area (Å²) in [6, 6.07) is 16.9. The summed E-state index contributed by atoms with van der Waals surface area (Å²) in [5.41, 5.74) is 2.66. The number of hydrogen-bond acceptors (Lipinski definition) is 2. The molecule has 0 aliphatic carbocycles. The van der Waals surface area contributed by atoms with Gasteiger partial charge in [-0.2, -0.15) is 0 Å². The third-order valence-electron chi connectivity index (χ3n) is 3.74. The number of hydrogen-bond donors (Lipinski definition) is 1. The summed E-state index contributed by atoms with van der Waals surface area (Å²) in [4.78, 5) is 0. The Morgan fingerprint density at radius 1 is 0.917 bits per heavy atom. The van der Waals surface area contributed by atoms with Gasteiger partial charge in [0.1, 0.15) is 6.54 Å². The second-order valence-electron chi connectivity index (χ2n) is 6.44. The van der Waals surface area contributed by atoms with Gasteiger partial charge >= 0.3 is 0 Å². The van der Waals surface area contributed by atoms with Gasteiger partial charge in [-0.25, -0.2) is 0 Å². The van der Waals surface area contributed by atoms with Crippen LogP contribution in [0.25, 0.3) is 0 Å². The standard InChI is InChI=1S/C21H29NO2/c1-4-23-21-14-19(10-11-20(21)24-16-17(2)3)15-22-13-12-18-8-6-5-7-9-18/h5-11,14,17,22H,4,12-13,15-16H2,1-3H3/p+1. The Bertz CT molecular complexity index is 596. The van der Waals surface area contributed by atoms with E-state index in [-0.39, 0.29) is 0 Å². The van der Waals surface area contributed by atoms with E-state index in [1.54, 1.807) is 0 Å². The zero-order chi connectivity index (χ0) is 17.2. The maximum Gasteiger partial charge on any atom is 0.161 e. The van der Waals surface area contributed by atoms with Gasteiger partial charge in [-0.05, 0) is 36.6 Å². The highest BCUT2D eigenvalue weighted by atomic mass is 16.5. The molecule has 0 fully saturated rings. The minimum absolute atomic E-state index is 0.505. The Hall–Kier alpha value is -2.00. The van der Waals surface area contributed by atoms with Crippen molar-refractivity contribution in [3.8, 4) is 11.5 Å². The first-order chi connectivity index (χ1) is 11.7. The molecule has 0 saturated carbocycles. The smallest absolute Gasteiger partial charge is 0.161 e. The van der Waals surface area contributed by atoms with Gasteiger partial charge in [0.25, 0.3) is 0 Å². The summed E-state index contributed by atoms with van der Waals surface area (Å²) in [5, 5.41) is 2.34. The Morgan fingerprint density at radius 3 is 2.42 bits per heavy atom. The van der Waals surface area contributed by atoms with Crippen molar-refractivity contribution >= 4 is 0 Å². The normalized spacial score (nSPS) is 10.8. The summed E-state index contributed by atoms with van der Waals surface area (Å²) in [7, 11) is 0. The number of quaternary nitrogens is 1. The van der Waals surface area contributed by atoms with Crippen molar-refractivity contribution in [3.05, 3.63) is 59.7 Å². The van der Waals surface area contributed by atoms with Crippen molar-refractivity contribution in [2.45, 2.75) is 33.7 Å². The topological polar surface area (TPSA) is 35.1 Å². The van der Waals surface area contributed by atoms with Crippen LogP contribution in [-0.2, 0) is 13.0 Å². The predicted octanol–water partition coefficient (Wildman–Crippen LogP) is 3.43. The van der Waals surface area contributed by atoms with Crippen molar-refractivity contribution in [3.63, 3.8) is 0 Å². The number of ether oxygens (including phenoxy) is 2.